The summed E-state index contributed by atoms with van der Waals surface area (Å²) in [7, 11) is 0. The first-order valence-corrected chi connectivity index (χ1v) is 9.46. The maximum atomic E-state index is 13.0. The summed E-state index contributed by atoms with van der Waals surface area (Å²) in [5, 5.41) is 7.45. The third-order valence-corrected chi connectivity index (χ3v) is 4.78. The van der Waals surface area contributed by atoms with Gasteiger partial charge in [0, 0.05) is 17.1 Å². The van der Waals surface area contributed by atoms with Gasteiger partial charge in [0.15, 0.2) is 0 Å². The molecule has 6 nitrogen and oxygen atoms in total. The van der Waals surface area contributed by atoms with Gasteiger partial charge < -0.3 is 14.7 Å². The molecule has 1 N–H and O–H groups in total. The highest BCUT2D eigenvalue weighted by Crippen LogP contribution is 2.26. The van der Waals surface area contributed by atoms with Gasteiger partial charge in [0.2, 0.25) is 11.8 Å². The SMILES string of the molecule is CCCN(CC(=O)Nc1ccc(Cl)cc1Cl)C(=O)C(C)c1c(C)noc1C. The molecule has 1 aromatic carbocycles. The van der Waals surface area contributed by atoms with Crippen molar-refractivity contribution in [1.82, 2.24) is 10.1 Å². The maximum Gasteiger partial charge on any atom is 0.244 e. The van der Waals surface area contributed by atoms with Crippen LogP contribution < -0.4 is 5.32 Å². The van der Waals surface area contributed by atoms with Crippen molar-refractivity contribution < 1.29 is 14.1 Å². The number of aromatic nitrogens is 1. The predicted molar refractivity (Wildman–Crippen MR) is 106 cm³/mol. The first kappa shape index (κ1) is 21.3. The molecule has 2 aromatic rings. The summed E-state index contributed by atoms with van der Waals surface area (Å²) in [4.78, 5) is 27.0. The van der Waals surface area contributed by atoms with Crippen LogP contribution in [0.15, 0.2) is 22.7 Å². The number of hydrogen-bond donors (Lipinski definition) is 1. The van der Waals surface area contributed by atoms with Gasteiger partial charge in [-0.05, 0) is 45.4 Å². The lowest BCUT2D eigenvalue weighted by Crippen LogP contribution is -2.40. The third kappa shape index (κ3) is 5.23. The second kappa shape index (κ2) is 9.24. The number of aryl methyl sites for hydroxylation is 2. The van der Waals surface area contributed by atoms with Crippen molar-refractivity contribution in [3.05, 3.63) is 45.3 Å². The summed E-state index contributed by atoms with van der Waals surface area (Å²) in [5.74, 6) is -0.312. The molecule has 1 heterocycles. The van der Waals surface area contributed by atoms with Gasteiger partial charge >= 0.3 is 0 Å². The van der Waals surface area contributed by atoms with Crippen LogP contribution in [0, 0.1) is 13.8 Å². The summed E-state index contributed by atoms with van der Waals surface area (Å²) in [6.07, 6.45) is 0.731. The number of amides is 2. The van der Waals surface area contributed by atoms with Crippen LogP contribution in [-0.2, 0) is 9.59 Å². The van der Waals surface area contributed by atoms with Crippen LogP contribution in [0.5, 0.6) is 0 Å². The fourth-order valence-corrected chi connectivity index (χ4v) is 3.45. The number of nitrogens with zero attached hydrogens (tertiary/aromatic N) is 2. The minimum atomic E-state index is -0.449. The average Bonchev–Trinajstić information content (AvgIpc) is 2.94. The van der Waals surface area contributed by atoms with Crippen molar-refractivity contribution in [1.29, 1.82) is 0 Å². The van der Waals surface area contributed by atoms with Gasteiger partial charge in [0.25, 0.3) is 0 Å². The van der Waals surface area contributed by atoms with Gasteiger partial charge in [-0.25, -0.2) is 0 Å². The van der Waals surface area contributed by atoms with E-state index in [1.54, 1.807) is 39.0 Å². The van der Waals surface area contributed by atoms with Crippen LogP contribution in [0.25, 0.3) is 0 Å². The largest absolute Gasteiger partial charge is 0.361 e. The normalized spacial score (nSPS) is 11.9. The zero-order chi connectivity index (χ0) is 20.1. The number of benzene rings is 1. The van der Waals surface area contributed by atoms with E-state index < -0.39 is 5.92 Å². The second-order valence-electron chi connectivity index (χ2n) is 6.39. The topological polar surface area (TPSA) is 75.4 Å². The second-order valence-corrected chi connectivity index (χ2v) is 7.24. The lowest BCUT2D eigenvalue weighted by atomic mass is 9.98. The smallest absolute Gasteiger partial charge is 0.244 e. The number of halogens is 2. The van der Waals surface area contributed by atoms with E-state index >= 15 is 0 Å². The summed E-state index contributed by atoms with van der Waals surface area (Å²) < 4.78 is 5.16. The average molecular weight is 412 g/mol. The molecule has 0 spiro atoms. The van der Waals surface area contributed by atoms with Crippen molar-refractivity contribution in [2.75, 3.05) is 18.4 Å². The predicted octanol–water partition coefficient (Wildman–Crippen LogP) is 4.58. The molecule has 1 unspecified atom stereocenters. The molecule has 0 saturated carbocycles. The van der Waals surface area contributed by atoms with E-state index in [-0.39, 0.29) is 18.4 Å². The molecule has 0 aliphatic carbocycles. The van der Waals surface area contributed by atoms with Gasteiger partial charge in [-0.3, -0.25) is 9.59 Å². The molecule has 1 atom stereocenters. The molecule has 8 heteroatoms. The Bertz CT molecular complexity index is 816. The van der Waals surface area contributed by atoms with Gasteiger partial charge in [0.05, 0.1) is 28.9 Å². The molecular weight excluding hydrogens is 389 g/mol. The summed E-state index contributed by atoms with van der Waals surface area (Å²) in [5.41, 5.74) is 1.90. The zero-order valence-corrected chi connectivity index (χ0v) is 17.3. The van der Waals surface area contributed by atoms with Crippen molar-refractivity contribution in [2.24, 2.45) is 0 Å². The minimum Gasteiger partial charge on any atom is -0.361 e. The Labute approximate surface area is 168 Å². The summed E-state index contributed by atoms with van der Waals surface area (Å²) in [6.45, 7) is 7.72. The van der Waals surface area contributed by atoms with Gasteiger partial charge in [-0.15, -0.1) is 0 Å². The van der Waals surface area contributed by atoms with E-state index in [2.05, 4.69) is 10.5 Å². The molecular formula is C19H23Cl2N3O3. The molecule has 27 heavy (non-hydrogen) atoms. The van der Waals surface area contributed by atoms with E-state index in [4.69, 9.17) is 27.7 Å². The van der Waals surface area contributed by atoms with Crippen molar-refractivity contribution >= 4 is 40.7 Å². The molecule has 0 saturated heterocycles. The lowest BCUT2D eigenvalue weighted by molar-refractivity contribution is -0.135. The molecule has 2 rings (SSSR count). The number of nitrogens with one attached hydrogen (secondary N) is 1. The summed E-state index contributed by atoms with van der Waals surface area (Å²) >= 11 is 12.0. The van der Waals surface area contributed by atoms with E-state index in [9.17, 15) is 9.59 Å². The van der Waals surface area contributed by atoms with Gasteiger partial charge in [-0.2, -0.15) is 0 Å². The van der Waals surface area contributed by atoms with E-state index in [1.165, 1.54) is 4.90 Å². The quantitative estimate of drug-likeness (QED) is 0.723. The zero-order valence-electron chi connectivity index (χ0n) is 15.8. The van der Waals surface area contributed by atoms with Crippen molar-refractivity contribution in [3.63, 3.8) is 0 Å². The minimum absolute atomic E-state index is 0.0701. The van der Waals surface area contributed by atoms with E-state index in [0.29, 0.717) is 33.7 Å². The first-order valence-electron chi connectivity index (χ1n) is 8.71. The number of anilines is 1. The molecule has 0 fully saturated rings. The third-order valence-electron chi connectivity index (χ3n) is 4.24. The highest BCUT2D eigenvalue weighted by Gasteiger charge is 2.28. The van der Waals surface area contributed by atoms with Crippen LogP contribution >= 0.6 is 23.2 Å². The maximum absolute atomic E-state index is 13.0. The monoisotopic (exact) mass is 411 g/mol. The Kier molecular flexibility index (Phi) is 7.27. The highest BCUT2D eigenvalue weighted by atomic mass is 35.5. The Morgan fingerprint density at radius 1 is 1.30 bits per heavy atom. The van der Waals surface area contributed by atoms with Crippen molar-refractivity contribution in [3.8, 4) is 0 Å². The highest BCUT2D eigenvalue weighted by molar-refractivity contribution is 6.36. The van der Waals surface area contributed by atoms with Gasteiger partial charge in [-0.1, -0.05) is 35.3 Å². The van der Waals surface area contributed by atoms with Gasteiger partial charge in [0.1, 0.15) is 5.76 Å². The Hall–Kier alpha value is -2.05. The Morgan fingerprint density at radius 2 is 2.00 bits per heavy atom. The van der Waals surface area contributed by atoms with E-state index in [0.717, 1.165) is 12.0 Å². The first-order chi connectivity index (χ1) is 12.7. The fourth-order valence-electron chi connectivity index (χ4n) is 3.00. The molecule has 1 aromatic heterocycles. The molecule has 0 aliphatic rings. The molecule has 0 bridgehead atoms. The van der Waals surface area contributed by atoms with Crippen LogP contribution in [0.3, 0.4) is 0 Å². The fraction of sp³-hybridized carbons (Fsp3) is 0.421. The lowest BCUT2D eigenvalue weighted by Gasteiger charge is -2.25. The molecule has 0 aliphatic heterocycles. The van der Waals surface area contributed by atoms with Crippen LogP contribution in [0.2, 0.25) is 10.0 Å². The molecule has 146 valence electrons. The molecule has 2 amide bonds. The standard InChI is InChI=1S/C19H23Cl2N3O3/c1-5-8-24(19(26)11(2)18-12(3)23-27-13(18)4)10-17(25)22-16-7-6-14(20)9-15(16)21/h6-7,9,11H,5,8,10H2,1-4H3,(H,22,25). The number of rotatable bonds is 7. The molecule has 0 radical (unpaired) electrons. The Balaban J connectivity index is 2.11. The van der Waals surface area contributed by atoms with Crippen molar-refractivity contribution in [2.45, 2.75) is 40.0 Å². The van der Waals surface area contributed by atoms with E-state index in [1.807, 2.05) is 6.92 Å². The number of carbonyl (C=O) groups excluding carboxylic acids is 2. The van der Waals surface area contributed by atoms with Crippen LogP contribution in [-0.4, -0.2) is 35.0 Å². The Morgan fingerprint density at radius 3 is 2.56 bits per heavy atom. The van der Waals surface area contributed by atoms with Crippen LogP contribution in [0.1, 0.15) is 43.2 Å². The number of carbonyl (C=O) groups is 2. The summed E-state index contributed by atoms with van der Waals surface area (Å²) in [6, 6.07) is 4.81. The number of hydrogen-bond acceptors (Lipinski definition) is 4. The van der Waals surface area contributed by atoms with Crippen LogP contribution in [0.4, 0.5) is 5.69 Å².